The number of ether oxygens (including phenoxy) is 2. The van der Waals surface area contributed by atoms with E-state index < -0.39 is 11.7 Å². The number of aliphatic hydroxyl groups excluding tert-OH is 1. The van der Waals surface area contributed by atoms with Gasteiger partial charge in [-0.05, 0) is 32.0 Å². The Hall–Kier alpha value is -1.68. The summed E-state index contributed by atoms with van der Waals surface area (Å²) < 4.78 is 11.5. The maximum absolute atomic E-state index is 9.95. The highest BCUT2D eigenvalue weighted by molar-refractivity contribution is 5.87. The minimum absolute atomic E-state index is 0.234. The summed E-state index contributed by atoms with van der Waals surface area (Å²) in [6.45, 7) is 3.95. The standard InChI is InChI=1S/C13H15NO3/c1-13(2)10(15)7-16-12-9(17-13)4-3-8-5-6-14-11(8)12/h3-6,10,14-15H,7H2,1-2H3. The molecule has 1 unspecified atom stereocenters. The van der Waals surface area contributed by atoms with Crippen molar-refractivity contribution >= 4 is 10.9 Å². The van der Waals surface area contributed by atoms with Crippen LogP contribution in [0.15, 0.2) is 24.4 Å². The molecule has 1 aromatic carbocycles. The molecule has 2 aromatic rings. The van der Waals surface area contributed by atoms with Gasteiger partial charge in [0.25, 0.3) is 0 Å². The molecular weight excluding hydrogens is 218 g/mol. The van der Waals surface area contributed by atoms with E-state index in [1.807, 2.05) is 38.2 Å². The van der Waals surface area contributed by atoms with Crippen LogP contribution in [0.4, 0.5) is 0 Å². The Morgan fingerprint density at radius 1 is 1.35 bits per heavy atom. The lowest BCUT2D eigenvalue weighted by atomic mass is 10.0. The van der Waals surface area contributed by atoms with Crippen molar-refractivity contribution in [1.29, 1.82) is 0 Å². The number of hydrogen-bond acceptors (Lipinski definition) is 3. The van der Waals surface area contributed by atoms with Crippen LogP contribution in [0.5, 0.6) is 11.5 Å². The van der Waals surface area contributed by atoms with Gasteiger partial charge < -0.3 is 19.6 Å². The van der Waals surface area contributed by atoms with E-state index in [9.17, 15) is 5.11 Å². The van der Waals surface area contributed by atoms with Crippen molar-refractivity contribution in [2.45, 2.75) is 25.6 Å². The number of aromatic nitrogens is 1. The van der Waals surface area contributed by atoms with Gasteiger partial charge >= 0.3 is 0 Å². The maximum atomic E-state index is 9.95. The molecule has 0 saturated heterocycles. The zero-order valence-corrected chi connectivity index (χ0v) is 9.86. The summed E-state index contributed by atoms with van der Waals surface area (Å²) in [4.78, 5) is 3.13. The van der Waals surface area contributed by atoms with E-state index in [4.69, 9.17) is 9.47 Å². The maximum Gasteiger partial charge on any atom is 0.185 e. The van der Waals surface area contributed by atoms with Crippen molar-refractivity contribution in [3.8, 4) is 11.5 Å². The molecule has 1 aliphatic heterocycles. The fourth-order valence-electron chi connectivity index (χ4n) is 2.02. The molecule has 1 aromatic heterocycles. The van der Waals surface area contributed by atoms with Gasteiger partial charge in [0, 0.05) is 11.6 Å². The Labute approximate surface area is 99.2 Å². The molecule has 2 N–H and O–H groups in total. The molecule has 90 valence electrons. The van der Waals surface area contributed by atoms with Crippen molar-refractivity contribution in [2.75, 3.05) is 6.61 Å². The molecule has 1 atom stereocenters. The minimum atomic E-state index is -0.653. The van der Waals surface area contributed by atoms with Gasteiger partial charge in [0.05, 0.1) is 5.52 Å². The lowest BCUT2D eigenvalue weighted by molar-refractivity contribution is -0.0350. The molecule has 4 nitrogen and oxygen atoms in total. The van der Waals surface area contributed by atoms with Gasteiger partial charge in [0.2, 0.25) is 0 Å². The number of H-pyrrole nitrogens is 1. The Morgan fingerprint density at radius 2 is 2.18 bits per heavy atom. The minimum Gasteiger partial charge on any atom is -0.485 e. The van der Waals surface area contributed by atoms with Crippen LogP contribution in [-0.2, 0) is 0 Å². The molecule has 0 aliphatic carbocycles. The summed E-state index contributed by atoms with van der Waals surface area (Å²) in [6, 6.07) is 5.83. The van der Waals surface area contributed by atoms with E-state index in [-0.39, 0.29) is 6.61 Å². The molecule has 4 heteroatoms. The first kappa shape index (κ1) is 10.5. The Balaban J connectivity index is 2.16. The number of nitrogens with one attached hydrogen (secondary N) is 1. The van der Waals surface area contributed by atoms with Gasteiger partial charge in [0.1, 0.15) is 18.3 Å². The van der Waals surface area contributed by atoms with Crippen LogP contribution in [-0.4, -0.2) is 28.4 Å². The molecule has 0 fully saturated rings. The van der Waals surface area contributed by atoms with Crippen molar-refractivity contribution in [3.63, 3.8) is 0 Å². The van der Waals surface area contributed by atoms with E-state index in [0.717, 1.165) is 10.9 Å². The highest BCUT2D eigenvalue weighted by Gasteiger charge is 2.35. The van der Waals surface area contributed by atoms with Crippen LogP contribution in [0.3, 0.4) is 0 Å². The van der Waals surface area contributed by atoms with Gasteiger partial charge in [-0.2, -0.15) is 0 Å². The van der Waals surface area contributed by atoms with Crippen LogP contribution in [0.25, 0.3) is 10.9 Å². The topological polar surface area (TPSA) is 54.5 Å². The Morgan fingerprint density at radius 3 is 3.00 bits per heavy atom. The Kier molecular flexibility index (Phi) is 2.10. The van der Waals surface area contributed by atoms with Crippen molar-refractivity contribution in [3.05, 3.63) is 24.4 Å². The third-order valence-corrected chi connectivity index (χ3v) is 3.21. The summed E-state index contributed by atoms with van der Waals surface area (Å²) in [7, 11) is 0. The van der Waals surface area contributed by atoms with E-state index >= 15 is 0 Å². The second-order valence-corrected chi connectivity index (χ2v) is 4.87. The van der Waals surface area contributed by atoms with Gasteiger partial charge in [-0.3, -0.25) is 0 Å². The fraction of sp³-hybridized carbons (Fsp3) is 0.385. The number of aliphatic hydroxyl groups is 1. The molecule has 0 spiro atoms. The largest absolute Gasteiger partial charge is 0.485 e. The number of fused-ring (bicyclic) bond motifs is 3. The molecule has 0 amide bonds. The monoisotopic (exact) mass is 233 g/mol. The molecule has 0 saturated carbocycles. The molecule has 1 aliphatic rings. The Bertz CT molecular complexity index is 559. The smallest absolute Gasteiger partial charge is 0.185 e. The van der Waals surface area contributed by atoms with Gasteiger partial charge in [-0.25, -0.2) is 0 Å². The first-order valence-corrected chi connectivity index (χ1v) is 5.68. The summed E-state index contributed by atoms with van der Waals surface area (Å²) in [5.41, 5.74) is 0.262. The zero-order chi connectivity index (χ0) is 12.0. The second-order valence-electron chi connectivity index (χ2n) is 4.87. The van der Waals surface area contributed by atoms with Crippen LogP contribution in [0.1, 0.15) is 13.8 Å². The van der Waals surface area contributed by atoms with E-state index in [1.165, 1.54) is 0 Å². The van der Waals surface area contributed by atoms with Crippen LogP contribution in [0.2, 0.25) is 0 Å². The third kappa shape index (κ3) is 1.56. The first-order valence-electron chi connectivity index (χ1n) is 5.68. The summed E-state index contributed by atoms with van der Waals surface area (Å²) >= 11 is 0. The summed E-state index contributed by atoms with van der Waals surface area (Å²) in [5.74, 6) is 1.35. The average molecular weight is 233 g/mol. The first-order chi connectivity index (χ1) is 8.08. The van der Waals surface area contributed by atoms with Crippen molar-refractivity contribution in [2.24, 2.45) is 0 Å². The van der Waals surface area contributed by atoms with E-state index in [0.29, 0.717) is 11.5 Å². The zero-order valence-electron chi connectivity index (χ0n) is 9.86. The summed E-state index contributed by atoms with van der Waals surface area (Å²) in [5, 5.41) is 11.0. The third-order valence-electron chi connectivity index (χ3n) is 3.21. The van der Waals surface area contributed by atoms with Gasteiger partial charge in [-0.1, -0.05) is 0 Å². The molecular formula is C13H15NO3. The van der Waals surface area contributed by atoms with E-state index in [1.54, 1.807) is 0 Å². The highest BCUT2D eigenvalue weighted by atomic mass is 16.6. The van der Waals surface area contributed by atoms with Crippen molar-refractivity contribution in [1.82, 2.24) is 4.98 Å². The molecule has 17 heavy (non-hydrogen) atoms. The predicted octanol–water partition coefficient (Wildman–Crippen LogP) is 2.08. The highest BCUT2D eigenvalue weighted by Crippen LogP contribution is 2.39. The van der Waals surface area contributed by atoms with Crippen LogP contribution < -0.4 is 9.47 Å². The van der Waals surface area contributed by atoms with E-state index in [2.05, 4.69) is 4.98 Å². The lowest BCUT2D eigenvalue weighted by Gasteiger charge is -2.27. The number of aromatic amines is 1. The fourth-order valence-corrected chi connectivity index (χ4v) is 2.02. The molecule has 0 bridgehead atoms. The normalized spacial score (nSPS) is 22.4. The number of hydrogen-bond donors (Lipinski definition) is 2. The number of rotatable bonds is 0. The van der Waals surface area contributed by atoms with Gasteiger partial charge in [-0.15, -0.1) is 0 Å². The lowest BCUT2D eigenvalue weighted by Crippen LogP contribution is -2.43. The van der Waals surface area contributed by atoms with Crippen LogP contribution >= 0.6 is 0 Å². The average Bonchev–Trinajstić information content (AvgIpc) is 2.70. The van der Waals surface area contributed by atoms with Crippen LogP contribution in [0, 0.1) is 0 Å². The molecule has 0 radical (unpaired) electrons. The predicted molar refractivity (Wildman–Crippen MR) is 64.5 cm³/mol. The van der Waals surface area contributed by atoms with Gasteiger partial charge in [0.15, 0.2) is 11.5 Å². The number of benzene rings is 1. The SMILES string of the molecule is CC1(C)Oc2ccc3cc[nH]c3c2OCC1O. The second kappa shape index (κ2) is 3.40. The van der Waals surface area contributed by atoms with Crippen molar-refractivity contribution < 1.29 is 14.6 Å². The molecule has 2 heterocycles. The molecule has 3 rings (SSSR count). The quantitative estimate of drug-likeness (QED) is 0.732. The summed E-state index contributed by atoms with van der Waals surface area (Å²) in [6.07, 6.45) is 1.21.